The summed E-state index contributed by atoms with van der Waals surface area (Å²) in [5.41, 5.74) is 3.35. The van der Waals surface area contributed by atoms with Crippen molar-refractivity contribution >= 4 is 11.5 Å². The number of nitrogens with one attached hydrogen (secondary N) is 1. The lowest BCUT2D eigenvalue weighted by atomic mass is 10.2. The van der Waals surface area contributed by atoms with Crippen LogP contribution in [-0.4, -0.2) is 23.8 Å². The van der Waals surface area contributed by atoms with Gasteiger partial charge < -0.3 is 10.2 Å². The standard InChI is InChI=1S/C15H20N4/c1-4-19(14-7-5-6-12(2)10-14)15-9-8-13(11-16-3)17-18-15/h5-10,16H,4,11H2,1-3H3. The maximum Gasteiger partial charge on any atom is 0.155 e. The molecule has 2 rings (SSSR count). The first kappa shape index (κ1) is 13.5. The van der Waals surface area contributed by atoms with Crippen molar-refractivity contribution in [2.24, 2.45) is 0 Å². The molecule has 0 spiro atoms. The smallest absolute Gasteiger partial charge is 0.155 e. The summed E-state index contributed by atoms with van der Waals surface area (Å²) in [7, 11) is 1.90. The molecule has 0 amide bonds. The summed E-state index contributed by atoms with van der Waals surface area (Å²) in [6.45, 7) is 5.82. The third-order valence-corrected chi connectivity index (χ3v) is 2.97. The van der Waals surface area contributed by atoms with Crippen molar-refractivity contribution in [2.75, 3.05) is 18.5 Å². The van der Waals surface area contributed by atoms with Crippen LogP contribution in [-0.2, 0) is 6.54 Å². The molecule has 4 nitrogen and oxygen atoms in total. The molecule has 0 radical (unpaired) electrons. The van der Waals surface area contributed by atoms with Gasteiger partial charge in [0.1, 0.15) is 0 Å². The number of aryl methyl sites for hydroxylation is 1. The summed E-state index contributed by atoms with van der Waals surface area (Å²) in [6.07, 6.45) is 0. The van der Waals surface area contributed by atoms with Gasteiger partial charge in [-0.3, -0.25) is 0 Å². The molecule has 0 aliphatic heterocycles. The molecule has 100 valence electrons. The van der Waals surface area contributed by atoms with E-state index in [1.54, 1.807) is 0 Å². The topological polar surface area (TPSA) is 41.0 Å². The fourth-order valence-corrected chi connectivity index (χ4v) is 2.04. The van der Waals surface area contributed by atoms with E-state index in [0.29, 0.717) is 0 Å². The van der Waals surface area contributed by atoms with Gasteiger partial charge in [-0.05, 0) is 50.7 Å². The van der Waals surface area contributed by atoms with Crippen LogP contribution in [0.5, 0.6) is 0 Å². The normalized spacial score (nSPS) is 10.5. The minimum atomic E-state index is 0.740. The van der Waals surface area contributed by atoms with Crippen LogP contribution in [0.2, 0.25) is 0 Å². The van der Waals surface area contributed by atoms with Crippen molar-refractivity contribution < 1.29 is 0 Å². The van der Waals surface area contributed by atoms with Gasteiger partial charge in [0.2, 0.25) is 0 Å². The van der Waals surface area contributed by atoms with Crippen molar-refractivity contribution in [1.82, 2.24) is 15.5 Å². The average molecular weight is 256 g/mol. The molecule has 1 aromatic heterocycles. The van der Waals surface area contributed by atoms with Crippen molar-refractivity contribution in [1.29, 1.82) is 0 Å². The molecule has 0 unspecified atom stereocenters. The maximum atomic E-state index is 4.31. The van der Waals surface area contributed by atoms with Gasteiger partial charge in [0.25, 0.3) is 0 Å². The lowest BCUT2D eigenvalue weighted by Crippen LogP contribution is -2.18. The number of nitrogens with zero attached hydrogens (tertiary/aromatic N) is 3. The molecule has 0 bridgehead atoms. The van der Waals surface area contributed by atoms with Crippen molar-refractivity contribution in [3.8, 4) is 0 Å². The fourth-order valence-electron chi connectivity index (χ4n) is 2.04. The van der Waals surface area contributed by atoms with E-state index in [9.17, 15) is 0 Å². The highest BCUT2D eigenvalue weighted by Crippen LogP contribution is 2.23. The van der Waals surface area contributed by atoms with Crippen LogP contribution < -0.4 is 10.2 Å². The Hall–Kier alpha value is -1.94. The van der Waals surface area contributed by atoms with Gasteiger partial charge in [0.05, 0.1) is 5.69 Å². The van der Waals surface area contributed by atoms with Crippen LogP contribution in [0.25, 0.3) is 0 Å². The monoisotopic (exact) mass is 256 g/mol. The average Bonchev–Trinajstić information content (AvgIpc) is 2.42. The molecular weight excluding hydrogens is 236 g/mol. The number of rotatable bonds is 5. The summed E-state index contributed by atoms with van der Waals surface area (Å²) >= 11 is 0. The van der Waals surface area contributed by atoms with E-state index in [1.165, 1.54) is 5.56 Å². The summed E-state index contributed by atoms with van der Waals surface area (Å²) in [4.78, 5) is 2.16. The van der Waals surface area contributed by atoms with Gasteiger partial charge in [0, 0.05) is 18.8 Å². The highest BCUT2D eigenvalue weighted by Gasteiger charge is 2.09. The van der Waals surface area contributed by atoms with E-state index < -0.39 is 0 Å². The predicted molar refractivity (Wildman–Crippen MR) is 78.7 cm³/mol. The van der Waals surface area contributed by atoms with Gasteiger partial charge in [-0.1, -0.05) is 12.1 Å². The Balaban J connectivity index is 2.26. The Morgan fingerprint density at radius 1 is 1.16 bits per heavy atom. The Morgan fingerprint density at radius 3 is 2.58 bits per heavy atom. The molecule has 0 aliphatic rings. The molecule has 4 heteroatoms. The zero-order valence-electron chi connectivity index (χ0n) is 11.7. The highest BCUT2D eigenvalue weighted by molar-refractivity contribution is 5.60. The van der Waals surface area contributed by atoms with Crippen molar-refractivity contribution in [3.05, 3.63) is 47.7 Å². The molecule has 0 fully saturated rings. The van der Waals surface area contributed by atoms with Crippen LogP contribution in [0.15, 0.2) is 36.4 Å². The quantitative estimate of drug-likeness (QED) is 0.893. The van der Waals surface area contributed by atoms with Crippen LogP contribution in [0.4, 0.5) is 11.5 Å². The SMILES string of the molecule is CCN(c1cccc(C)c1)c1ccc(CNC)nn1. The number of aromatic nitrogens is 2. The van der Waals surface area contributed by atoms with Gasteiger partial charge in [-0.15, -0.1) is 5.10 Å². The molecule has 19 heavy (non-hydrogen) atoms. The molecule has 0 atom stereocenters. The Labute approximate surface area is 114 Å². The van der Waals surface area contributed by atoms with E-state index >= 15 is 0 Å². The van der Waals surface area contributed by atoms with Gasteiger partial charge >= 0.3 is 0 Å². The second kappa shape index (κ2) is 6.29. The zero-order chi connectivity index (χ0) is 13.7. The minimum Gasteiger partial charge on any atom is -0.325 e. The molecule has 0 aliphatic carbocycles. The van der Waals surface area contributed by atoms with Crippen LogP contribution in [0.3, 0.4) is 0 Å². The molecule has 0 saturated carbocycles. The third kappa shape index (κ3) is 3.29. The number of hydrogen-bond acceptors (Lipinski definition) is 4. The first-order chi connectivity index (χ1) is 9.24. The van der Waals surface area contributed by atoms with E-state index in [4.69, 9.17) is 0 Å². The summed E-state index contributed by atoms with van der Waals surface area (Å²) < 4.78 is 0. The fraction of sp³-hybridized carbons (Fsp3) is 0.333. The Morgan fingerprint density at radius 2 is 2.00 bits per heavy atom. The lowest BCUT2D eigenvalue weighted by Gasteiger charge is -2.22. The summed E-state index contributed by atoms with van der Waals surface area (Å²) in [6, 6.07) is 12.4. The molecule has 2 aromatic rings. The van der Waals surface area contributed by atoms with Crippen LogP contribution >= 0.6 is 0 Å². The first-order valence-corrected chi connectivity index (χ1v) is 6.56. The second-order valence-corrected chi connectivity index (χ2v) is 4.50. The Bertz CT molecular complexity index is 522. The van der Waals surface area contributed by atoms with Gasteiger partial charge in [-0.25, -0.2) is 0 Å². The van der Waals surface area contributed by atoms with Gasteiger partial charge in [0.15, 0.2) is 5.82 Å². The number of hydrogen-bond donors (Lipinski definition) is 1. The summed E-state index contributed by atoms with van der Waals surface area (Å²) in [5.74, 6) is 0.882. The lowest BCUT2D eigenvalue weighted by molar-refractivity contribution is 0.764. The molecule has 1 N–H and O–H groups in total. The van der Waals surface area contributed by atoms with E-state index in [2.05, 4.69) is 58.5 Å². The second-order valence-electron chi connectivity index (χ2n) is 4.50. The van der Waals surface area contributed by atoms with Gasteiger partial charge in [-0.2, -0.15) is 5.10 Å². The first-order valence-electron chi connectivity index (χ1n) is 6.56. The molecular formula is C15H20N4. The highest BCUT2D eigenvalue weighted by atomic mass is 15.3. The van der Waals surface area contributed by atoms with Crippen LogP contribution in [0.1, 0.15) is 18.2 Å². The largest absolute Gasteiger partial charge is 0.325 e. The molecule has 1 heterocycles. The Kier molecular flexibility index (Phi) is 4.47. The van der Waals surface area contributed by atoms with E-state index in [-0.39, 0.29) is 0 Å². The molecule has 0 saturated heterocycles. The zero-order valence-corrected chi connectivity index (χ0v) is 11.7. The van der Waals surface area contributed by atoms with Crippen molar-refractivity contribution in [3.63, 3.8) is 0 Å². The minimum absolute atomic E-state index is 0.740. The maximum absolute atomic E-state index is 4.31. The van der Waals surface area contributed by atoms with E-state index in [1.807, 2.05) is 19.2 Å². The third-order valence-electron chi connectivity index (χ3n) is 2.97. The molecule has 1 aromatic carbocycles. The number of benzene rings is 1. The predicted octanol–water partition coefficient (Wildman–Crippen LogP) is 2.66. The van der Waals surface area contributed by atoms with Crippen LogP contribution in [0, 0.1) is 6.92 Å². The van der Waals surface area contributed by atoms with Crippen molar-refractivity contribution in [2.45, 2.75) is 20.4 Å². The summed E-state index contributed by atoms with van der Waals surface area (Å²) in [5, 5.41) is 11.6. The number of anilines is 2. The van der Waals surface area contributed by atoms with E-state index in [0.717, 1.165) is 30.3 Å².